The first-order valence-corrected chi connectivity index (χ1v) is 6.22. The summed E-state index contributed by atoms with van der Waals surface area (Å²) in [6, 6.07) is 0.639. The SMILES string of the molecule is Cc1nc(CN(Cc2nccn2C)C2CC2)no1. The molecule has 0 amide bonds. The summed E-state index contributed by atoms with van der Waals surface area (Å²) in [5, 5.41) is 3.96. The average molecular weight is 247 g/mol. The van der Waals surface area contributed by atoms with Crippen LogP contribution in [-0.2, 0) is 20.1 Å². The summed E-state index contributed by atoms with van der Waals surface area (Å²) in [7, 11) is 2.02. The highest BCUT2D eigenvalue weighted by molar-refractivity contribution is 4.96. The van der Waals surface area contributed by atoms with Crippen molar-refractivity contribution < 1.29 is 4.52 Å². The van der Waals surface area contributed by atoms with Gasteiger partial charge in [-0.15, -0.1) is 0 Å². The number of aromatic nitrogens is 4. The van der Waals surface area contributed by atoms with Gasteiger partial charge in [0.2, 0.25) is 5.89 Å². The van der Waals surface area contributed by atoms with Crippen molar-refractivity contribution >= 4 is 0 Å². The maximum Gasteiger partial charge on any atom is 0.223 e. The second-order valence-electron chi connectivity index (χ2n) is 4.82. The summed E-state index contributed by atoms with van der Waals surface area (Å²) >= 11 is 0. The Morgan fingerprint density at radius 1 is 1.44 bits per heavy atom. The first-order valence-electron chi connectivity index (χ1n) is 6.22. The molecule has 0 spiro atoms. The first-order chi connectivity index (χ1) is 8.72. The lowest BCUT2D eigenvalue weighted by Gasteiger charge is -2.19. The fourth-order valence-corrected chi connectivity index (χ4v) is 2.07. The molecule has 0 radical (unpaired) electrons. The average Bonchev–Trinajstić information content (AvgIpc) is 3.00. The van der Waals surface area contributed by atoms with Crippen LogP contribution in [0, 0.1) is 6.92 Å². The minimum atomic E-state index is 0.623. The summed E-state index contributed by atoms with van der Waals surface area (Å²) in [5.74, 6) is 2.45. The van der Waals surface area contributed by atoms with Gasteiger partial charge in [0.25, 0.3) is 0 Å². The third-order valence-corrected chi connectivity index (χ3v) is 3.24. The minimum absolute atomic E-state index is 0.623. The predicted octanol–water partition coefficient (Wildman–Crippen LogP) is 1.28. The van der Waals surface area contributed by atoms with Crippen molar-refractivity contribution in [3.8, 4) is 0 Å². The number of aryl methyl sites for hydroxylation is 2. The highest BCUT2D eigenvalue weighted by atomic mass is 16.5. The van der Waals surface area contributed by atoms with Gasteiger partial charge in [-0.25, -0.2) is 4.98 Å². The Bertz CT molecular complexity index is 528. The van der Waals surface area contributed by atoms with Crippen LogP contribution in [0.1, 0.15) is 30.4 Å². The van der Waals surface area contributed by atoms with Gasteiger partial charge in [0.05, 0.1) is 13.1 Å². The van der Waals surface area contributed by atoms with Crippen LogP contribution in [0.2, 0.25) is 0 Å². The molecule has 1 fully saturated rings. The molecule has 18 heavy (non-hydrogen) atoms. The summed E-state index contributed by atoms with van der Waals surface area (Å²) in [5.41, 5.74) is 0. The van der Waals surface area contributed by atoms with Crippen molar-refractivity contribution in [1.29, 1.82) is 0 Å². The Labute approximate surface area is 106 Å². The van der Waals surface area contributed by atoms with Crippen LogP contribution in [0.25, 0.3) is 0 Å². The number of hydrogen-bond donors (Lipinski definition) is 0. The molecule has 0 aromatic carbocycles. The maximum absolute atomic E-state index is 5.02. The van der Waals surface area contributed by atoms with Crippen molar-refractivity contribution in [2.75, 3.05) is 0 Å². The van der Waals surface area contributed by atoms with Crippen LogP contribution in [0.3, 0.4) is 0 Å². The molecule has 0 saturated heterocycles. The van der Waals surface area contributed by atoms with E-state index in [-0.39, 0.29) is 0 Å². The van der Waals surface area contributed by atoms with Crippen molar-refractivity contribution in [3.63, 3.8) is 0 Å². The standard InChI is InChI=1S/C12H17N5O/c1-9-14-11(15-18-9)7-17(10-3-4-10)8-12-13-5-6-16(12)2/h5-6,10H,3-4,7-8H2,1-2H3. The summed E-state index contributed by atoms with van der Waals surface area (Å²) < 4.78 is 7.07. The van der Waals surface area contributed by atoms with Crippen LogP contribution in [0.5, 0.6) is 0 Å². The van der Waals surface area contributed by atoms with E-state index in [2.05, 4.69) is 24.6 Å². The Balaban J connectivity index is 1.71. The lowest BCUT2D eigenvalue weighted by atomic mass is 10.4. The zero-order valence-electron chi connectivity index (χ0n) is 10.7. The van der Waals surface area contributed by atoms with Crippen molar-refractivity contribution in [2.24, 2.45) is 7.05 Å². The van der Waals surface area contributed by atoms with Gasteiger partial charge in [-0.3, -0.25) is 4.90 Å². The van der Waals surface area contributed by atoms with Gasteiger partial charge in [0, 0.05) is 32.4 Å². The molecule has 0 unspecified atom stereocenters. The molecule has 0 N–H and O–H groups in total. The summed E-state index contributed by atoms with van der Waals surface area (Å²) in [6.07, 6.45) is 6.31. The van der Waals surface area contributed by atoms with E-state index in [0.717, 1.165) is 24.7 Å². The third-order valence-electron chi connectivity index (χ3n) is 3.24. The number of nitrogens with zero attached hydrogens (tertiary/aromatic N) is 5. The van der Waals surface area contributed by atoms with Crippen LogP contribution in [0.15, 0.2) is 16.9 Å². The Morgan fingerprint density at radius 3 is 2.83 bits per heavy atom. The number of imidazole rings is 1. The van der Waals surface area contributed by atoms with Crippen LogP contribution in [0.4, 0.5) is 0 Å². The zero-order valence-corrected chi connectivity index (χ0v) is 10.7. The molecule has 1 saturated carbocycles. The smallest absolute Gasteiger partial charge is 0.223 e. The van der Waals surface area contributed by atoms with E-state index < -0.39 is 0 Å². The van der Waals surface area contributed by atoms with E-state index in [1.165, 1.54) is 12.8 Å². The van der Waals surface area contributed by atoms with Gasteiger partial charge in [0.1, 0.15) is 5.82 Å². The second-order valence-corrected chi connectivity index (χ2v) is 4.82. The quantitative estimate of drug-likeness (QED) is 0.796. The molecular weight excluding hydrogens is 230 g/mol. The Hall–Kier alpha value is -1.69. The second kappa shape index (κ2) is 4.53. The number of hydrogen-bond acceptors (Lipinski definition) is 5. The molecule has 2 aromatic rings. The molecule has 3 rings (SSSR count). The third kappa shape index (κ3) is 2.43. The van der Waals surface area contributed by atoms with E-state index in [4.69, 9.17) is 4.52 Å². The largest absolute Gasteiger partial charge is 0.340 e. The molecular formula is C12H17N5O. The van der Waals surface area contributed by atoms with Crippen LogP contribution in [-0.4, -0.2) is 30.6 Å². The monoisotopic (exact) mass is 247 g/mol. The minimum Gasteiger partial charge on any atom is -0.340 e. The fourth-order valence-electron chi connectivity index (χ4n) is 2.07. The molecule has 0 bridgehead atoms. The molecule has 6 heteroatoms. The molecule has 6 nitrogen and oxygen atoms in total. The Kier molecular flexibility index (Phi) is 2.87. The fraction of sp³-hybridized carbons (Fsp3) is 0.583. The van der Waals surface area contributed by atoms with Gasteiger partial charge in [-0.05, 0) is 12.8 Å². The molecule has 2 heterocycles. The lowest BCUT2D eigenvalue weighted by Crippen LogP contribution is -2.27. The van der Waals surface area contributed by atoms with Crippen LogP contribution < -0.4 is 0 Å². The van der Waals surface area contributed by atoms with Gasteiger partial charge in [-0.2, -0.15) is 4.98 Å². The van der Waals surface area contributed by atoms with Gasteiger partial charge >= 0.3 is 0 Å². The topological polar surface area (TPSA) is 60.0 Å². The van der Waals surface area contributed by atoms with E-state index in [1.807, 2.05) is 26.4 Å². The molecule has 0 atom stereocenters. The maximum atomic E-state index is 5.02. The van der Waals surface area contributed by atoms with Gasteiger partial charge < -0.3 is 9.09 Å². The van der Waals surface area contributed by atoms with Crippen molar-refractivity contribution in [1.82, 2.24) is 24.6 Å². The van der Waals surface area contributed by atoms with Crippen LogP contribution >= 0.6 is 0 Å². The summed E-state index contributed by atoms with van der Waals surface area (Å²) in [6.45, 7) is 3.38. The number of rotatable bonds is 5. The molecule has 1 aliphatic carbocycles. The molecule has 2 aromatic heterocycles. The van der Waals surface area contributed by atoms with E-state index in [0.29, 0.717) is 11.9 Å². The summed E-state index contributed by atoms with van der Waals surface area (Å²) in [4.78, 5) is 11.0. The van der Waals surface area contributed by atoms with Gasteiger partial charge in [-0.1, -0.05) is 5.16 Å². The van der Waals surface area contributed by atoms with Crippen molar-refractivity contribution in [2.45, 2.75) is 38.9 Å². The zero-order chi connectivity index (χ0) is 12.5. The predicted molar refractivity (Wildman–Crippen MR) is 64.5 cm³/mol. The first kappa shape index (κ1) is 11.4. The highest BCUT2D eigenvalue weighted by Crippen LogP contribution is 2.29. The van der Waals surface area contributed by atoms with Crippen molar-refractivity contribution in [3.05, 3.63) is 29.9 Å². The van der Waals surface area contributed by atoms with E-state index in [1.54, 1.807) is 0 Å². The molecule has 1 aliphatic rings. The van der Waals surface area contributed by atoms with E-state index >= 15 is 0 Å². The Morgan fingerprint density at radius 2 is 2.28 bits per heavy atom. The lowest BCUT2D eigenvalue weighted by molar-refractivity contribution is 0.227. The van der Waals surface area contributed by atoms with Gasteiger partial charge in [0.15, 0.2) is 5.82 Å². The highest BCUT2D eigenvalue weighted by Gasteiger charge is 2.30. The molecule has 96 valence electrons. The van der Waals surface area contributed by atoms with E-state index in [9.17, 15) is 0 Å². The molecule has 0 aliphatic heterocycles. The normalized spacial score (nSPS) is 15.5.